The van der Waals surface area contributed by atoms with Crippen LogP contribution >= 0.6 is 0 Å². The molecule has 24 heavy (non-hydrogen) atoms. The lowest BCUT2D eigenvalue weighted by Gasteiger charge is -2.47. The predicted molar refractivity (Wildman–Crippen MR) is 72.5 cm³/mol. The van der Waals surface area contributed by atoms with Crippen LogP contribution in [0.3, 0.4) is 0 Å². The second-order valence-electron chi connectivity index (χ2n) is 6.71. The molecule has 2 aliphatic heterocycles. The summed E-state index contributed by atoms with van der Waals surface area (Å²) >= 11 is 0. The average molecular weight is 355 g/mol. The summed E-state index contributed by atoms with van der Waals surface area (Å²) in [5, 5.41) is 2.70. The van der Waals surface area contributed by atoms with Crippen molar-refractivity contribution in [1.29, 1.82) is 0 Å². The van der Waals surface area contributed by atoms with Gasteiger partial charge in [0.25, 0.3) is 0 Å². The van der Waals surface area contributed by atoms with Crippen molar-refractivity contribution in [3.63, 3.8) is 0 Å². The molecule has 0 aromatic heterocycles. The predicted octanol–water partition coefficient (Wildman–Crippen LogP) is 0.790. The van der Waals surface area contributed by atoms with Gasteiger partial charge < -0.3 is 15.1 Å². The fraction of sp³-hybridized carbons (Fsp3) is 0.857. The second kappa shape index (κ2) is 5.82. The van der Waals surface area contributed by atoms with E-state index in [0.29, 0.717) is 17.7 Å². The minimum absolute atomic E-state index is 0.0222. The van der Waals surface area contributed by atoms with Gasteiger partial charge in [0.15, 0.2) is 0 Å². The molecular formula is C14H18F5N3O2. The number of halogens is 5. The van der Waals surface area contributed by atoms with Crippen LogP contribution in [0.4, 0.5) is 22.0 Å². The first kappa shape index (κ1) is 17.4. The molecule has 5 nitrogen and oxygen atoms in total. The van der Waals surface area contributed by atoms with Gasteiger partial charge in [-0.25, -0.2) is 8.78 Å². The highest BCUT2D eigenvalue weighted by atomic mass is 19.4. The Bertz CT molecular complexity index is 537. The summed E-state index contributed by atoms with van der Waals surface area (Å²) in [5.74, 6) is -2.50. The molecule has 1 N–H and O–H groups in total. The highest BCUT2D eigenvalue weighted by Crippen LogP contribution is 2.47. The number of piperazine rings is 1. The maximum absolute atomic E-state index is 13.4. The summed E-state index contributed by atoms with van der Waals surface area (Å²) in [4.78, 5) is 26.0. The van der Waals surface area contributed by atoms with Crippen molar-refractivity contribution in [2.75, 3.05) is 26.3 Å². The van der Waals surface area contributed by atoms with Crippen LogP contribution in [0.1, 0.15) is 19.3 Å². The van der Waals surface area contributed by atoms with Crippen molar-refractivity contribution in [3.8, 4) is 0 Å². The quantitative estimate of drug-likeness (QED) is 0.746. The number of rotatable bonds is 2. The van der Waals surface area contributed by atoms with Gasteiger partial charge >= 0.3 is 12.1 Å². The first-order valence-electron chi connectivity index (χ1n) is 7.80. The third-order valence-corrected chi connectivity index (χ3v) is 5.02. The zero-order valence-electron chi connectivity index (χ0n) is 12.8. The maximum Gasteiger partial charge on any atom is 0.471 e. The molecule has 3 fully saturated rings. The number of amides is 2. The Morgan fingerprint density at radius 3 is 2.38 bits per heavy atom. The fourth-order valence-corrected chi connectivity index (χ4v) is 3.53. The van der Waals surface area contributed by atoms with E-state index < -0.39 is 55.0 Å². The molecule has 3 aliphatic rings. The van der Waals surface area contributed by atoms with Crippen LogP contribution in [0.25, 0.3) is 0 Å². The molecule has 2 heterocycles. The molecule has 2 saturated heterocycles. The zero-order valence-corrected chi connectivity index (χ0v) is 12.8. The van der Waals surface area contributed by atoms with Gasteiger partial charge in [-0.3, -0.25) is 9.59 Å². The average Bonchev–Trinajstić information content (AvgIpc) is 3.15. The molecule has 0 aromatic rings. The van der Waals surface area contributed by atoms with E-state index in [9.17, 15) is 31.5 Å². The number of nitrogens with zero attached hydrogens (tertiary/aromatic N) is 2. The molecule has 0 unspecified atom stereocenters. The second-order valence-corrected chi connectivity index (χ2v) is 6.71. The molecule has 0 aromatic carbocycles. The monoisotopic (exact) mass is 355 g/mol. The topological polar surface area (TPSA) is 52.7 Å². The fourth-order valence-electron chi connectivity index (χ4n) is 3.53. The lowest BCUT2D eigenvalue weighted by atomic mass is 10.0. The summed E-state index contributed by atoms with van der Waals surface area (Å²) in [6.45, 7) is -1.67. The minimum Gasteiger partial charge on any atom is -0.332 e. The third-order valence-electron chi connectivity index (χ3n) is 5.02. The standard InChI is InChI=1S/C14H18F5N3O2/c15-4-9-6-22(12(24)14(17,18)19)13(1-2-13)7-21(9)11(23)10-3-8(16)5-20-10/h8-10,20H,1-7H2/t8-,9+,10-/m1/s1. The summed E-state index contributed by atoms with van der Waals surface area (Å²) in [6.07, 6.45) is -5.57. The van der Waals surface area contributed by atoms with Crippen LogP contribution in [0.2, 0.25) is 0 Å². The Labute approximate surface area is 135 Å². The van der Waals surface area contributed by atoms with Crippen molar-refractivity contribution >= 4 is 11.8 Å². The normalized spacial score (nSPS) is 32.3. The smallest absolute Gasteiger partial charge is 0.332 e. The molecule has 0 radical (unpaired) electrons. The first-order chi connectivity index (χ1) is 11.2. The number of hydrogen-bond donors (Lipinski definition) is 1. The van der Waals surface area contributed by atoms with Gasteiger partial charge in [-0.05, 0) is 12.8 Å². The van der Waals surface area contributed by atoms with Crippen LogP contribution in [-0.2, 0) is 9.59 Å². The number of alkyl halides is 5. The molecule has 3 atom stereocenters. The molecule has 1 saturated carbocycles. The maximum atomic E-state index is 13.4. The lowest BCUT2D eigenvalue weighted by Crippen LogP contribution is -2.66. The molecule has 136 valence electrons. The summed E-state index contributed by atoms with van der Waals surface area (Å²) in [5.41, 5.74) is -1.07. The Kier molecular flexibility index (Phi) is 4.21. The van der Waals surface area contributed by atoms with Gasteiger partial charge in [0.2, 0.25) is 5.91 Å². The number of carbonyl (C=O) groups excluding carboxylic acids is 2. The van der Waals surface area contributed by atoms with Crippen LogP contribution in [0.15, 0.2) is 0 Å². The highest BCUT2D eigenvalue weighted by molar-refractivity contribution is 5.85. The van der Waals surface area contributed by atoms with Crippen LogP contribution < -0.4 is 5.32 Å². The zero-order chi connectivity index (χ0) is 17.7. The van der Waals surface area contributed by atoms with Crippen molar-refractivity contribution in [2.24, 2.45) is 0 Å². The number of carbonyl (C=O) groups is 2. The largest absolute Gasteiger partial charge is 0.471 e. The van der Waals surface area contributed by atoms with E-state index in [1.165, 1.54) is 4.90 Å². The molecule has 10 heteroatoms. The van der Waals surface area contributed by atoms with Crippen molar-refractivity contribution in [3.05, 3.63) is 0 Å². The summed E-state index contributed by atoms with van der Waals surface area (Å²) in [7, 11) is 0. The van der Waals surface area contributed by atoms with Gasteiger partial charge in [0.1, 0.15) is 12.8 Å². The van der Waals surface area contributed by atoms with Crippen molar-refractivity contribution < 1.29 is 31.5 Å². The summed E-state index contributed by atoms with van der Waals surface area (Å²) < 4.78 is 64.9. The molecular weight excluding hydrogens is 337 g/mol. The van der Waals surface area contributed by atoms with Crippen LogP contribution in [-0.4, -0.2) is 77.9 Å². The molecule has 2 amide bonds. The van der Waals surface area contributed by atoms with E-state index >= 15 is 0 Å². The van der Waals surface area contributed by atoms with Gasteiger partial charge in [0, 0.05) is 26.1 Å². The van der Waals surface area contributed by atoms with E-state index in [-0.39, 0.29) is 19.5 Å². The Morgan fingerprint density at radius 1 is 1.25 bits per heavy atom. The minimum atomic E-state index is -5.03. The van der Waals surface area contributed by atoms with Crippen LogP contribution in [0.5, 0.6) is 0 Å². The Balaban J connectivity index is 1.78. The molecule has 3 rings (SSSR count). The molecule has 0 bridgehead atoms. The van der Waals surface area contributed by atoms with E-state index in [0.717, 1.165) is 0 Å². The first-order valence-corrected chi connectivity index (χ1v) is 7.80. The Hall–Kier alpha value is -1.45. The van der Waals surface area contributed by atoms with Gasteiger partial charge in [-0.15, -0.1) is 0 Å². The van der Waals surface area contributed by atoms with E-state index in [4.69, 9.17) is 0 Å². The Morgan fingerprint density at radius 2 is 1.92 bits per heavy atom. The lowest BCUT2D eigenvalue weighted by molar-refractivity contribution is -0.193. The highest BCUT2D eigenvalue weighted by Gasteiger charge is 2.60. The third kappa shape index (κ3) is 2.96. The van der Waals surface area contributed by atoms with Gasteiger partial charge in [-0.2, -0.15) is 13.2 Å². The molecule has 1 aliphatic carbocycles. The van der Waals surface area contributed by atoms with Gasteiger partial charge in [-0.1, -0.05) is 0 Å². The van der Waals surface area contributed by atoms with Crippen LogP contribution in [0, 0.1) is 0 Å². The van der Waals surface area contributed by atoms with Crippen molar-refractivity contribution in [2.45, 2.75) is 49.2 Å². The van der Waals surface area contributed by atoms with E-state index in [1.54, 1.807) is 0 Å². The molecule has 1 spiro atoms. The number of nitrogens with one attached hydrogen (secondary N) is 1. The van der Waals surface area contributed by atoms with Gasteiger partial charge in [0.05, 0.1) is 17.6 Å². The van der Waals surface area contributed by atoms with Crippen molar-refractivity contribution in [1.82, 2.24) is 15.1 Å². The summed E-state index contributed by atoms with van der Waals surface area (Å²) in [6, 6.07) is -1.94. The van der Waals surface area contributed by atoms with E-state index in [1.807, 2.05) is 0 Å². The van der Waals surface area contributed by atoms with E-state index in [2.05, 4.69) is 5.32 Å². The SMILES string of the molecule is O=C([C@H]1C[C@@H](F)CN1)N1CC2(CC2)N(C(=O)C(F)(F)F)C[C@@H]1CF. The number of hydrogen-bond acceptors (Lipinski definition) is 3.